The summed E-state index contributed by atoms with van der Waals surface area (Å²) in [4.78, 5) is 15.5. The summed E-state index contributed by atoms with van der Waals surface area (Å²) in [5.74, 6) is -0.0497. The van der Waals surface area contributed by atoms with E-state index in [2.05, 4.69) is 6.58 Å². The molecular weight excluding hydrogens is 355 g/mol. The summed E-state index contributed by atoms with van der Waals surface area (Å²) < 4.78 is 38.1. The van der Waals surface area contributed by atoms with Gasteiger partial charge in [-0.2, -0.15) is 13.2 Å². The molecule has 0 aliphatic heterocycles. The molecule has 0 radical (unpaired) electrons. The van der Waals surface area contributed by atoms with Gasteiger partial charge in [0.15, 0.2) is 0 Å². The fourth-order valence-corrected chi connectivity index (χ4v) is 3.58. The van der Waals surface area contributed by atoms with Gasteiger partial charge in [0.1, 0.15) is 0 Å². The van der Waals surface area contributed by atoms with Gasteiger partial charge in [-0.05, 0) is 29.6 Å². The maximum atomic E-state index is 12.7. The van der Waals surface area contributed by atoms with Crippen molar-refractivity contribution in [3.8, 4) is 0 Å². The molecule has 24 heavy (non-hydrogen) atoms. The summed E-state index contributed by atoms with van der Waals surface area (Å²) in [5, 5.41) is 1.93. The maximum absolute atomic E-state index is 12.7. The van der Waals surface area contributed by atoms with Gasteiger partial charge >= 0.3 is 6.18 Å². The molecule has 0 atom stereocenters. The topological polar surface area (TPSA) is 20.3 Å². The van der Waals surface area contributed by atoms with E-state index in [1.807, 2.05) is 17.5 Å². The summed E-state index contributed by atoms with van der Waals surface area (Å²) in [6, 6.07) is 8.86. The number of carbonyl (C=O) groups is 1. The van der Waals surface area contributed by atoms with E-state index in [4.69, 9.17) is 0 Å². The van der Waals surface area contributed by atoms with Crippen molar-refractivity contribution in [2.75, 3.05) is 12.3 Å². The van der Waals surface area contributed by atoms with Crippen molar-refractivity contribution in [2.45, 2.75) is 17.6 Å². The standard InChI is InChI=1S/C17H16F3NOS2/c1-2-8-21(11-15-7-4-9-23-15)16(22)12-24-14-6-3-5-13(10-14)17(18,19)20/h2-7,9-10H,1,8,11-12H2. The lowest BCUT2D eigenvalue weighted by molar-refractivity contribution is -0.137. The van der Waals surface area contributed by atoms with E-state index >= 15 is 0 Å². The summed E-state index contributed by atoms with van der Waals surface area (Å²) in [7, 11) is 0. The molecule has 128 valence electrons. The van der Waals surface area contributed by atoms with Gasteiger partial charge in [0, 0.05) is 16.3 Å². The third kappa shape index (κ3) is 5.42. The zero-order chi connectivity index (χ0) is 17.6. The minimum absolute atomic E-state index is 0.0839. The summed E-state index contributed by atoms with van der Waals surface area (Å²) in [5.41, 5.74) is -0.707. The minimum atomic E-state index is -4.38. The molecule has 2 aromatic rings. The number of alkyl halides is 3. The van der Waals surface area contributed by atoms with E-state index in [0.29, 0.717) is 18.0 Å². The van der Waals surface area contributed by atoms with Crippen LogP contribution in [0.15, 0.2) is 59.3 Å². The Morgan fingerprint density at radius 3 is 2.71 bits per heavy atom. The Balaban J connectivity index is 1.98. The fraction of sp³-hybridized carbons (Fsp3) is 0.235. The van der Waals surface area contributed by atoms with Crippen LogP contribution in [-0.4, -0.2) is 23.1 Å². The molecule has 1 aromatic carbocycles. The van der Waals surface area contributed by atoms with Crippen molar-refractivity contribution in [1.29, 1.82) is 0 Å². The second-order valence-electron chi connectivity index (χ2n) is 4.96. The molecular formula is C17H16F3NOS2. The zero-order valence-corrected chi connectivity index (χ0v) is 14.4. The van der Waals surface area contributed by atoms with Crippen LogP contribution in [0.5, 0.6) is 0 Å². The van der Waals surface area contributed by atoms with Gasteiger partial charge in [0.25, 0.3) is 0 Å². The van der Waals surface area contributed by atoms with Crippen LogP contribution in [0.4, 0.5) is 13.2 Å². The van der Waals surface area contributed by atoms with E-state index in [0.717, 1.165) is 28.8 Å². The highest BCUT2D eigenvalue weighted by Crippen LogP contribution is 2.32. The number of nitrogens with zero attached hydrogens (tertiary/aromatic N) is 1. The highest BCUT2D eigenvalue weighted by atomic mass is 32.2. The number of amides is 1. The third-order valence-corrected chi connectivity index (χ3v) is 4.99. The first-order chi connectivity index (χ1) is 11.4. The lowest BCUT2D eigenvalue weighted by Crippen LogP contribution is -2.31. The van der Waals surface area contributed by atoms with Crippen LogP contribution in [0.25, 0.3) is 0 Å². The molecule has 2 rings (SSSR count). The predicted molar refractivity (Wildman–Crippen MR) is 92.1 cm³/mol. The number of thioether (sulfide) groups is 1. The van der Waals surface area contributed by atoms with E-state index in [9.17, 15) is 18.0 Å². The van der Waals surface area contributed by atoms with Gasteiger partial charge in [-0.25, -0.2) is 0 Å². The van der Waals surface area contributed by atoms with Crippen LogP contribution >= 0.6 is 23.1 Å². The molecule has 0 N–H and O–H groups in total. The largest absolute Gasteiger partial charge is 0.416 e. The van der Waals surface area contributed by atoms with E-state index in [-0.39, 0.29) is 11.7 Å². The Kier molecular flexibility index (Phi) is 6.51. The average Bonchev–Trinajstić information content (AvgIpc) is 3.05. The van der Waals surface area contributed by atoms with Crippen molar-refractivity contribution in [2.24, 2.45) is 0 Å². The van der Waals surface area contributed by atoms with E-state index < -0.39 is 11.7 Å². The number of hydrogen-bond donors (Lipinski definition) is 0. The molecule has 0 saturated heterocycles. The van der Waals surface area contributed by atoms with Crippen molar-refractivity contribution in [3.05, 3.63) is 64.9 Å². The quantitative estimate of drug-likeness (QED) is 0.500. The molecule has 1 amide bonds. The van der Waals surface area contributed by atoms with Crippen LogP contribution in [0.1, 0.15) is 10.4 Å². The van der Waals surface area contributed by atoms with Gasteiger partial charge in [0.05, 0.1) is 17.9 Å². The zero-order valence-electron chi connectivity index (χ0n) is 12.8. The van der Waals surface area contributed by atoms with E-state index in [1.165, 1.54) is 6.07 Å². The Morgan fingerprint density at radius 1 is 1.29 bits per heavy atom. The smallest absolute Gasteiger partial charge is 0.333 e. The van der Waals surface area contributed by atoms with Gasteiger partial charge in [-0.1, -0.05) is 18.2 Å². The number of benzene rings is 1. The summed E-state index contributed by atoms with van der Waals surface area (Å²) in [6.07, 6.45) is -2.74. The number of halogens is 3. The first-order valence-corrected chi connectivity index (χ1v) is 8.98. The van der Waals surface area contributed by atoms with Crippen molar-refractivity contribution in [1.82, 2.24) is 4.90 Å². The van der Waals surface area contributed by atoms with Crippen LogP contribution < -0.4 is 0 Å². The molecule has 0 saturated carbocycles. The normalized spacial score (nSPS) is 11.3. The second kappa shape index (κ2) is 8.39. The predicted octanol–water partition coefficient (Wildman–Crippen LogP) is 5.07. The van der Waals surface area contributed by atoms with Crippen LogP contribution in [0, 0.1) is 0 Å². The van der Waals surface area contributed by atoms with Gasteiger partial charge in [-0.15, -0.1) is 29.7 Å². The number of rotatable bonds is 7. The number of thiophene rings is 1. The summed E-state index contributed by atoms with van der Waals surface area (Å²) in [6.45, 7) is 4.53. The molecule has 0 spiro atoms. The van der Waals surface area contributed by atoms with E-state index in [1.54, 1.807) is 28.4 Å². The molecule has 0 bridgehead atoms. The SMILES string of the molecule is C=CCN(Cc1cccs1)C(=O)CSc1cccc(C(F)(F)F)c1. The average molecular weight is 371 g/mol. The van der Waals surface area contributed by atoms with Crippen molar-refractivity contribution >= 4 is 29.0 Å². The van der Waals surface area contributed by atoms with Crippen LogP contribution in [-0.2, 0) is 17.5 Å². The number of hydrogen-bond acceptors (Lipinski definition) is 3. The van der Waals surface area contributed by atoms with Crippen LogP contribution in [0.3, 0.4) is 0 Å². The Bertz CT molecular complexity index is 683. The summed E-state index contributed by atoms with van der Waals surface area (Å²) >= 11 is 2.66. The highest BCUT2D eigenvalue weighted by Gasteiger charge is 2.30. The fourth-order valence-electron chi connectivity index (χ4n) is 2.00. The minimum Gasteiger partial charge on any atom is -0.333 e. The van der Waals surface area contributed by atoms with Crippen LogP contribution in [0.2, 0.25) is 0 Å². The first kappa shape index (κ1) is 18.6. The Labute approximate surface area is 147 Å². The molecule has 1 heterocycles. The van der Waals surface area contributed by atoms with Gasteiger partial charge < -0.3 is 4.90 Å². The van der Waals surface area contributed by atoms with Gasteiger partial charge in [0.2, 0.25) is 5.91 Å². The molecule has 7 heteroatoms. The maximum Gasteiger partial charge on any atom is 0.416 e. The molecule has 2 nitrogen and oxygen atoms in total. The van der Waals surface area contributed by atoms with Crippen molar-refractivity contribution < 1.29 is 18.0 Å². The third-order valence-electron chi connectivity index (χ3n) is 3.15. The Hall–Kier alpha value is -1.73. The first-order valence-electron chi connectivity index (χ1n) is 7.11. The monoisotopic (exact) mass is 371 g/mol. The highest BCUT2D eigenvalue weighted by molar-refractivity contribution is 8.00. The molecule has 0 aliphatic carbocycles. The van der Waals surface area contributed by atoms with Gasteiger partial charge in [-0.3, -0.25) is 4.79 Å². The van der Waals surface area contributed by atoms with Crippen molar-refractivity contribution in [3.63, 3.8) is 0 Å². The number of carbonyl (C=O) groups excluding carboxylic acids is 1. The lowest BCUT2D eigenvalue weighted by Gasteiger charge is -2.20. The molecule has 0 aliphatic rings. The lowest BCUT2D eigenvalue weighted by atomic mass is 10.2. The second-order valence-corrected chi connectivity index (χ2v) is 7.04. The molecule has 0 unspecified atom stereocenters. The molecule has 0 fully saturated rings. The molecule has 1 aromatic heterocycles. The Morgan fingerprint density at radius 2 is 2.08 bits per heavy atom.